The van der Waals surface area contributed by atoms with Gasteiger partial charge in [-0.25, -0.2) is 0 Å². The topological polar surface area (TPSA) is 61.8 Å². The van der Waals surface area contributed by atoms with Crippen LogP contribution in [0.4, 0.5) is 0 Å². The lowest BCUT2D eigenvalue weighted by molar-refractivity contribution is -0.163. The first-order valence-electron chi connectivity index (χ1n) is 25.2. The summed E-state index contributed by atoms with van der Waals surface area (Å²) in [5.74, 6) is -0.412. The highest BCUT2D eigenvalue weighted by atomic mass is 16.6. The maximum absolute atomic E-state index is 12.7. The predicted molar refractivity (Wildman–Crippen MR) is 251 cm³/mol. The predicted octanol–water partition coefficient (Wildman–Crippen LogP) is 16.8. The minimum atomic E-state index is -0.541. The zero-order valence-corrected chi connectivity index (χ0v) is 38.8. The third kappa shape index (κ3) is 46.5. The Morgan fingerprint density at radius 1 is 0.397 bits per heavy atom. The van der Waals surface area contributed by atoms with Crippen LogP contribution in [0.3, 0.4) is 0 Å². The molecule has 0 heterocycles. The van der Waals surface area contributed by atoms with Gasteiger partial charge < -0.3 is 14.2 Å². The fourth-order valence-electron chi connectivity index (χ4n) is 7.11. The normalized spacial score (nSPS) is 12.5. The fraction of sp³-hybridized carbons (Fsp3) is 0.811. The zero-order valence-electron chi connectivity index (χ0n) is 38.8. The summed E-state index contributed by atoms with van der Waals surface area (Å²) in [6.07, 6.45) is 59.8. The van der Waals surface area contributed by atoms with Crippen LogP contribution in [-0.4, -0.2) is 37.9 Å². The number of carbonyl (C=O) groups excluding carboxylic acids is 2. The maximum atomic E-state index is 12.7. The second-order valence-corrected chi connectivity index (χ2v) is 16.7. The molecule has 0 saturated carbocycles. The lowest BCUT2D eigenvalue weighted by Crippen LogP contribution is -2.30. The van der Waals surface area contributed by atoms with Crippen LogP contribution in [0.5, 0.6) is 0 Å². The Morgan fingerprint density at radius 2 is 0.776 bits per heavy atom. The molecular formula is C53H96O5. The van der Waals surface area contributed by atoms with Crippen LogP contribution in [0.1, 0.15) is 252 Å². The van der Waals surface area contributed by atoms with Gasteiger partial charge in [-0.3, -0.25) is 9.59 Å². The second kappa shape index (κ2) is 49.2. The zero-order chi connectivity index (χ0) is 42.1. The summed E-state index contributed by atoms with van der Waals surface area (Å²) >= 11 is 0. The molecule has 0 saturated heterocycles. The van der Waals surface area contributed by atoms with Crippen molar-refractivity contribution in [2.24, 2.45) is 0 Å². The van der Waals surface area contributed by atoms with Crippen molar-refractivity contribution in [3.05, 3.63) is 48.6 Å². The van der Waals surface area contributed by atoms with Gasteiger partial charge in [0.2, 0.25) is 0 Å². The molecule has 5 heteroatoms. The van der Waals surface area contributed by atoms with Crippen LogP contribution in [0.2, 0.25) is 0 Å². The van der Waals surface area contributed by atoms with Crippen molar-refractivity contribution >= 4 is 11.9 Å². The molecule has 338 valence electrons. The van der Waals surface area contributed by atoms with Crippen molar-refractivity contribution in [2.45, 2.75) is 258 Å². The first kappa shape index (κ1) is 55.9. The molecule has 0 radical (unpaired) electrons. The summed E-state index contributed by atoms with van der Waals surface area (Å²) in [4.78, 5) is 25.3. The number of esters is 2. The number of ether oxygens (including phenoxy) is 3. The van der Waals surface area contributed by atoms with E-state index < -0.39 is 6.10 Å². The molecule has 58 heavy (non-hydrogen) atoms. The molecule has 0 aromatic carbocycles. The summed E-state index contributed by atoms with van der Waals surface area (Å²) in [7, 11) is 0. The van der Waals surface area contributed by atoms with E-state index in [0.717, 1.165) is 70.6 Å². The van der Waals surface area contributed by atoms with Gasteiger partial charge in [-0.1, -0.05) is 211 Å². The van der Waals surface area contributed by atoms with Crippen LogP contribution in [0.25, 0.3) is 0 Å². The number of rotatable bonds is 46. The smallest absolute Gasteiger partial charge is 0.306 e. The van der Waals surface area contributed by atoms with Crippen LogP contribution in [0.15, 0.2) is 48.6 Å². The Bertz CT molecular complexity index is 966. The lowest BCUT2D eigenvalue weighted by Gasteiger charge is -2.18. The van der Waals surface area contributed by atoms with Crippen molar-refractivity contribution in [1.29, 1.82) is 0 Å². The van der Waals surface area contributed by atoms with Crippen LogP contribution in [0, 0.1) is 0 Å². The third-order valence-electron chi connectivity index (χ3n) is 10.8. The summed E-state index contributed by atoms with van der Waals surface area (Å²) in [6.45, 7) is 7.70. The molecule has 1 atom stereocenters. The van der Waals surface area contributed by atoms with Crippen LogP contribution < -0.4 is 0 Å². The highest BCUT2D eigenvalue weighted by Crippen LogP contribution is 2.14. The summed E-state index contributed by atoms with van der Waals surface area (Å²) < 4.78 is 17.3. The van der Waals surface area contributed by atoms with Crippen molar-refractivity contribution in [2.75, 3.05) is 19.8 Å². The fourth-order valence-corrected chi connectivity index (χ4v) is 7.11. The Kier molecular flexibility index (Phi) is 47.4. The number of allylic oxidation sites excluding steroid dienone is 8. The Morgan fingerprint density at radius 3 is 1.26 bits per heavy atom. The van der Waals surface area contributed by atoms with E-state index in [0.29, 0.717) is 19.4 Å². The number of unbranched alkanes of at least 4 members (excludes halogenated alkanes) is 27. The molecule has 0 amide bonds. The molecule has 0 aliphatic heterocycles. The molecule has 0 N–H and O–H groups in total. The van der Waals surface area contributed by atoms with E-state index in [1.54, 1.807) is 0 Å². The highest BCUT2D eigenvalue weighted by molar-refractivity contribution is 5.70. The Labute approximate surface area is 361 Å². The van der Waals surface area contributed by atoms with Crippen molar-refractivity contribution < 1.29 is 23.8 Å². The Balaban J connectivity index is 4.15. The van der Waals surface area contributed by atoms with E-state index in [-0.39, 0.29) is 25.2 Å². The second-order valence-electron chi connectivity index (χ2n) is 16.7. The van der Waals surface area contributed by atoms with Gasteiger partial charge in [-0.15, -0.1) is 0 Å². The molecule has 0 fully saturated rings. The van der Waals surface area contributed by atoms with E-state index in [4.69, 9.17) is 14.2 Å². The van der Waals surface area contributed by atoms with Gasteiger partial charge in [0.25, 0.3) is 0 Å². The van der Waals surface area contributed by atoms with Gasteiger partial charge in [0, 0.05) is 19.4 Å². The monoisotopic (exact) mass is 813 g/mol. The molecular weight excluding hydrogens is 717 g/mol. The van der Waals surface area contributed by atoms with E-state index in [1.165, 1.54) is 148 Å². The van der Waals surface area contributed by atoms with Crippen molar-refractivity contribution in [3.63, 3.8) is 0 Å². The highest BCUT2D eigenvalue weighted by Gasteiger charge is 2.17. The van der Waals surface area contributed by atoms with Crippen LogP contribution >= 0.6 is 0 Å². The molecule has 0 aliphatic rings. The number of carbonyl (C=O) groups is 2. The summed E-state index contributed by atoms with van der Waals surface area (Å²) in [5.41, 5.74) is 0. The molecule has 1 unspecified atom stereocenters. The van der Waals surface area contributed by atoms with Gasteiger partial charge in [-0.2, -0.15) is 0 Å². The average molecular weight is 813 g/mol. The van der Waals surface area contributed by atoms with E-state index in [1.807, 2.05) is 0 Å². The van der Waals surface area contributed by atoms with Gasteiger partial charge in [-0.05, 0) is 77.0 Å². The molecule has 0 bridgehead atoms. The largest absolute Gasteiger partial charge is 0.462 e. The van der Waals surface area contributed by atoms with E-state index >= 15 is 0 Å². The number of hydrogen-bond acceptors (Lipinski definition) is 5. The van der Waals surface area contributed by atoms with Gasteiger partial charge in [0.15, 0.2) is 6.10 Å². The first-order valence-corrected chi connectivity index (χ1v) is 25.2. The molecule has 0 aromatic rings. The average Bonchev–Trinajstić information content (AvgIpc) is 3.22. The molecule has 0 spiro atoms. The van der Waals surface area contributed by atoms with Crippen molar-refractivity contribution in [1.82, 2.24) is 0 Å². The molecule has 0 aliphatic carbocycles. The first-order chi connectivity index (χ1) is 28.6. The maximum Gasteiger partial charge on any atom is 0.306 e. The standard InChI is InChI=1S/C53H96O5/c1-4-7-10-13-16-19-21-23-25-26-27-28-30-31-33-35-37-40-43-46-52(54)57-50-51(49-56-48-45-42-39-18-15-12-9-6-3)58-53(55)47-44-41-38-36-34-32-29-24-22-20-17-14-11-8-5-2/h8,11,17,20,23-25,29,51H,4-7,9-10,12-16,18-19,21-22,26-28,30-50H2,1-3H3/b11-8-,20-17-,25-23-,29-24-. The minimum Gasteiger partial charge on any atom is -0.462 e. The summed E-state index contributed by atoms with van der Waals surface area (Å²) in [6, 6.07) is 0. The molecule has 0 rings (SSSR count). The summed E-state index contributed by atoms with van der Waals surface area (Å²) in [5, 5.41) is 0. The van der Waals surface area contributed by atoms with Gasteiger partial charge >= 0.3 is 11.9 Å². The van der Waals surface area contributed by atoms with Crippen LogP contribution in [-0.2, 0) is 23.8 Å². The lowest BCUT2D eigenvalue weighted by atomic mass is 10.1. The van der Waals surface area contributed by atoms with E-state index in [9.17, 15) is 9.59 Å². The number of hydrogen-bond donors (Lipinski definition) is 0. The third-order valence-corrected chi connectivity index (χ3v) is 10.8. The molecule has 5 nitrogen and oxygen atoms in total. The minimum absolute atomic E-state index is 0.0795. The molecule has 0 aromatic heterocycles. The van der Waals surface area contributed by atoms with Gasteiger partial charge in [0.1, 0.15) is 6.61 Å². The SMILES string of the molecule is CC/C=C\C/C=C\C/C=C\CCCCCCCC(=O)OC(COCCCCCCCCCC)COC(=O)CCCCCCCCCCC/C=C\CCCCCCCC. The van der Waals surface area contributed by atoms with Gasteiger partial charge in [0.05, 0.1) is 6.61 Å². The quantitative estimate of drug-likeness (QED) is 0.0348. The van der Waals surface area contributed by atoms with Crippen molar-refractivity contribution in [3.8, 4) is 0 Å². The Hall–Kier alpha value is -2.14. The van der Waals surface area contributed by atoms with E-state index in [2.05, 4.69) is 69.4 Å².